The molecule has 0 radical (unpaired) electrons. The third kappa shape index (κ3) is 5.04. The average molecular weight is 258 g/mol. The molecule has 0 bridgehead atoms. The monoisotopic (exact) mass is 257 g/mol. The van der Waals surface area contributed by atoms with Gasteiger partial charge in [-0.3, -0.25) is 4.90 Å². The first-order valence-corrected chi connectivity index (χ1v) is 6.12. The maximum Gasteiger partial charge on any atom is 0.0589 e. The number of hydrogen-bond acceptors (Lipinski definition) is 3. The molecule has 17 heavy (non-hydrogen) atoms. The van der Waals surface area contributed by atoms with Gasteiger partial charge in [-0.1, -0.05) is 23.7 Å². The van der Waals surface area contributed by atoms with E-state index in [4.69, 9.17) is 21.4 Å². The summed E-state index contributed by atoms with van der Waals surface area (Å²) in [5, 5.41) is 9.80. The minimum absolute atomic E-state index is 0.163. The minimum Gasteiger partial charge on any atom is -0.395 e. The van der Waals surface area contributed by atoms with Crippen molar-refractivity contribution in [2.75, 3.05) is 33.4 Å². The molecule has 4 heteroatoms. The van der Waals surface area contributed by atoms with Crippen molar-refractivity contribution in [1.82, 2.24) is 4.90 Å². The van der Waals surface area contributed by atoms with Gasteiger partial charge in [0.15, 0.2) is 0 Å². The maximum absolute atomic E-state index is 9.01. The standard InChI is InChI=1S/C13H20ClNO2/c1-11-9-12(3-4-13(11)14)10-15(5-7-16)6-8-17-2/h3-4,9,16H,5-8,10H2,1-2H3. The number of benzene rings is 1. The predicted molar refractivity (Wildman–Crippen MR) is 70.4 cm³/mol. The van der Waals surface area contributed by atoms with E-state index >= 15 is 0 Å². The molecule has 1 aromatic carbocycles. The van der Waals surface area contributed by atoms with Crippen LogP contribution in [-0.2, 0) is 11.3 Å². The van der Waals surface area contributed by atoms with Gasteiger partial charge in [-0.05, 0) is 24.1 Å². The molecule has 0 aromatic heterocycles. The van der Waals surface area contributed by atoms with Crippen LogP contribution in [0.4, 0.5) is 0 Å². The SMILES string of the molecule is COCCN(CCO)Cc1ccc(Cl)c(C)c1. The van der Waals surface area contributed by atoms with Crippen LogP contribution in [0.2, 0.25) is 5.02 Å². The highest BCUT2D eigenvalue weighted by Gasteiger charge is 2.06. The third-order valence-electron chi connectivity index (χ3n) is 2.66. The lowest BCUT2D eigenvalue weighted by molar-refractivity contribution is 0.127. The van der Waals surface area contributed by atoms with Crippen molar-refractivity contribution in [2.24, 2.45) is 0 Å². The van der Waals surface area contributed by atoms with Crippen LogP contribution in [0, 0.1) is 6.92 Å². The van der Waals surface area contributed by atoms with Crippen molar-refractivity contribution in [3.63, 3.8) is 0 Å². The Morgan fingerprint density at radius 2 is 2.12 bits per heavy atom. The molecule has 0 saturated carbocycles. The summed E-state index contributed by atoms with van der Waals surface area (Å²) in [6.45, 7) is 5.12. The summed E-state index contributed by atoms with van der Waals surface area (Å²) < 4.78 is 5.05. The minimum atomic E-state index is 0.163. The van der Waals surface area contributed by atoms with E-state index in [1.54, 1.807) is 7.11 Å². The van der Waals surface area contributed by atoms with Crippen LogP contribution in [0.3, 0.4) is 0 Å². The van der Waals surface area contributed by atoms with Crippen molar-refractivity contribution in [3.8, 4) is 0 Å². The zero-order chi connectivity index (χ0) is 12.7. The zero-order valence-corrected chi connectivity index (χ0v) is 11.2. The summed E-state index contributed by atoms with van der Waals surface area (Å²) in [5.74, 6) is 0. The first-order chi connectivity index (χ1) is 8.17. The van der Waals surface area contributed by atoms with Crippen molar-refractivity contribution in [2.45, 2.75) is 13.5 Å². The van der Waals surface area contributed by atoms with Gasteiger partial charge < -0.3 is 9.84 Å². The fraction of sp³-hybridized carbons (Fsp3) is 0.538. The maximum atomic E-state index is 9.01. The van der Waals surface area contributed by atoms with E-state index in [1.165, 1.54) is 5.56 Å². The molecule has 1 N–H and O–H groups in total. The number of hydrogen-bond donors (Lipinski definition) is 1. The number of halogens is 1. The second-order valence-electron chi connectivity index (χ2n) is 4.08. The summed E-state index contributed by atoms with van der Waals surface area (Å²) in [6.07, 6.45) is 0. The number of aliphatic hydroxyl groups excluding tert-OH is 1. The molecule has 0 aliphatic carbocycles. The molecule has 0 heterocycles. The van der Waals surface area contributed by atoms with Crippen molar-refractivity contribution in [3.05, 3.63) is 34.3 Å². The number of ether oxygens (including phenoxy) is 1. The summed E-state index contributed by atoms with van der Waals surface area (Å²) in [6, 6.07) is 6.02. The first-order valence-electron chi connectivity index (χ1n) is 5.74. The zero-order valence-electron chi connectivity index (χ0n) is 10.4. The van der Waals surface area contributed by atoms with Gasteiger partial charge in [-0.2, -0.15) is 0 Å². The second-order valence-corrected chi connectivity index (χ2v) is 4.48. The molecule has 96 valence electrons. The van der Waals surface area contributed by atoms with Crippen LogP contribution in [0.25, 0.3) is 0 Å². The van der Waals surface area contributed by atoms with Gasteiger partial charge in [0.25, 0.3) is 0 Å². The van der Waals surface area contributed by atoms with Crippen molar-refractivity contribution >= 4 is 11.6 Å². The van der Waals surface area contributed by atoms with Crippen molar-refractivity contribution in [1.29, 1.82) is 0 Å². The Bertz CT molecular complexity index is 344. The molecule has 1 aromatic rings. The summed E-state index contributed by atoms with van der Waals surface area (Å²) >= 11 is 5.99. The lowest BCUT2D eigenvalue weighted by Crippen LogP contribution is -2.29. The molecular formula is C13H20ClNO2. The molecule has 0 fully saturated rings. The Labute approximate surface area is 108 Å². The lowest BCUT2D eigenvalue weighted by Gasteiger charge is -2.21. The van der Waals surface area contributed by atoms with Crippen LogP contribution in [-0.4, -0.2) is 43.4 Å². The third-order valence-corrected chi connectivity index (χ3v) is 3.08. The van der Waals surface area contributed by atoms with Gasteiger partial charge in [0.2, 0.25) is 0 Å². The summed E-state index contributed by atoms with van der Waals surface area (Å²) in [4.78, 5) is 2.16. The fourth-order valence-electron chi connectivity index (χ4n) is 1.70. The highest BCUT2D eigenvalue weighted by atomic mass is 35.5. The van der Waals surface area contributed by atoms with Crippen LogP contribution >= 0.6 is 11.6 Å². The van der Waals surface area contributed by atoms with Gasteiger partial charge in [0, 0.05) is 31.8 Å². The molecule has 0 amide bonds. The van der Waals surface area contributed by atoms with Crippen molar-refractivity contribution < 1.29 is 9.84 Å². The Morgan fingerprint density at radius 1 is 1.35 bits per heavy atom. The number of methoxy groups -OCH3 is 1. The molecule has 0 atom stereocenters. The van der Waals surface area contributed by atoms with Gasteiger partial charge in [-0.15, -0.1) is 0 Å². The molecule has 0 unspecified atom stereocenters. The molecule has 0 saturated heterocycles. The quantitative estimate of drug-likeness (QED) is 0.812. The lowest BCUT2D eigenvalue weighted by atomic mass is 10.1. The van der Waals surface area contributed by atoms with Crippen LogP contribution in [0.5, 0.6) is 0 Å². The Morgan fingerprint density at radius 3 is 2.71 bits per heavy atom. The van der Waals surface area contributed by atoms with Crippen LogP contribution < -0.4 is 0 Å². The Balaban J connectivity index is 2.61. The Kier molecular flexibility index (Phi) is 6.52. The smallest absolute Gasteiger partial charge is 0.0589 e. The largest absolute Gasteiger partial charge is 0.395 e. The topological polar surface area (TPSA) is 32.7 Å². The number of aryl methyl sites for hydroxylation is 1. The molecule has 0 aliphatic heterocycles. The van der Waals surface area contributed by atoms with E-state index in [0.717, 1.165) is 23.7 Å². The normalized spacial score (nSPS) is 11.1. The highest BCUT2D eigenvalue weighted by molar-refractivity contribution is 6.31. The van der Waals surface area contributed by atoms with Gasteiger partial charge in [-0.25, -0.2) is 0 Å². The van der Waals surface area contributed by atoms with E-state index in [0.29, 0.717) is 13.2 Å². The van der Waals surface area contributed by atoms with E-state index in [1.807, 2.05) is 19.1 Å². The number of nitrogens with zero attached hydrogens (tertiary/aromatic N) is 1. The van der Waals surface area contributed by atoms with Gasteiger partial charge >= 0.3 is 0 Å². The van der Waals surface area contributed by atoms with E-state index in [9.17, 15) is 0 Å². The van der Waals surface area contributed by atoms with Gasteiger partial charge in [0.05, 0.1) is 13.2 Å². The molecule has 0 aliphatic rings. The summed E-state index contributed by atoms with van der Waals surface area (Å²) in [7, 11) is 1.68. The first kappa shape index (κ1) is 14.5. The highest BCUT2D eigenvalue weighted by Crippen LogP contribution is 2.17. The number of rotatable bonds is 7. The van der Waals surface area contributed by atoms with Crippen LogP contribution in [0.1, 0.15) is 11.1 Å². The van der Waals surface area contributed by atoms with Crippen LogP contribution in [0.15, 0.2) is 18.2 Å². The molecule has 1 rings (SSSR count). The molecule has 3 nitrogen and oxygen atoms in total. The van der Waals surface area contributed by atoms with E-state index < -0.39 is 0 Å². The van der Waals surface area contributed by atoms with E-state index in [2.05, 4.69) is 11.0 Å². The molecule has 0 spiro atoms. The number of aliphatic hydroxyl groups is 1. The Hall–Kier alpha value is -0.610. The predicted octanol–water partition coefficient (Wildman–Crippen LogP) is 2.09. The molecular weight excluding hydrogens is 238 g/mol. The average Bonchev–Trinajstić information content (AvgIpc) is 2.31. The fourth-order valence-corrected chi connectivity index (χ4v) is 1.81. The second kappa shape index (κ2) is 7.67. The van der Waals surface area contributed by atoms with E-state index in [-0.39, 0.29) is 6.61 Å². The van der Waals surface area contributed by atoms with Gasteiger partial charge in [0.1, 0.15) is 0 Å². The summed E-state index contributed by atoms with van der Waals surface area (Å²) in [5.41, 5.74) is 2.29.